The van der Waals surface area contributed by atoms with Crippen LogP contribution in [-0.2, 0) is 9.59 Å². The summed E-state index contributed by atoms with van der Waals surface area (Å²) in [5, 5.41) is 2.03. The van der Waals surface area contributed by atoms with Gasteiger partial charge in [0, 0.05) is 12.2 Å². The monoisotopic (exact) mass is 139 g/mol. The van der Waals surface area contributed by atoms with E-state index in [2.05, 4.69) is 0 Å². The second kappa shape index (κ2) is 4.11. The van der Waals surface area contributed by atoms with Crippen molar-refractivity contribution in [3.8, 4) is 0 Å². The van der Waals surface area contributed by atoms with Crippen LogP contribution in [0.3, 0.4) is 0 Å². The Morgan fingerprint density at radius 1 is 1.20 bits per heavy atom. The van der Waals surface area contributed by atoms with E-state index in [4.69, 9.17) is 11.1 Å². The van der Waals surface area contributed by atoms with Crippen LogP contribution in [0, 0.1) is 0 Å². The fourth-order valence-electron chi connectivity index (χ4n) is 0.356. The number of carbonyl (C=O) groups excluding carboxylic acids is 2. The molecule has 0 aromatic rings. The fraction of sp³-hybridized carbons (Fsp3) is 0. The topological polar surface area (TPSA) is 105 Å². The molecule has 0 radical (unpaired) electrons. The van der Waals surface area contributed by atoms with E-state index < -0.39 is 0 Å². The van der Waals surface area contributed by atoms with Gasteiger partial charge in [-0.1, -0.05) is 0 Å². The lowest BCUT2D eigenvalue weighted by molar-refractivity contribution is -0.123. The van der Waals surface area contributed by atoms with E-state index in [-0.39, 0.29) is 11.8 Å². The minimum absolute atomic E-state index is 0.329. The first-order chi connectivity index (χ1) is 4.70. The number of nitrogens with zero attached hydrogens (tertiary/aromatic N) is 3. The molecule has 1 rings (SSSR count). The van der Waals surface area contributed by atoms with Gasteiger partial charge in [0.1, 0.15) is 0 Å². The molecule has 1 aliphatic rings. The second-order valence-electron chi connectivity index (χ2n) is 1.28. The van der Waals surface area contributed by atoms with Crippen molar-refractivity contribution in [3.63, 3.8) is 0 Å². The van der Waals surface area contributed by atoms with Gasteiger partial charge in [0.15, 0.2) is 0 Å². The smallest absolute Gasteiger partial charge is 0.250 e. The van der Waals surface area contributed by atoms with Crippen molar-refractivity contribution in [2.75, 3.05) is 0 Å². The zero-order chi connectivity index (χ0) is 7.98. The molecule has 10 heavy (non-hydrogen) atoms. The van der Waals surface area contributed by atoms with Crippen LogP contribution >= 0.6 is 0 Å². The molecule has 0 spiro atoms. The normalized spacial score (nSPS) is 13.2. The van der Waals surface area contributed by atoms with Gasteiger partial charge in [-0.3, -0.25) is 19.8 Å². The third-order valence-corrected chi connectivity index (χ3v) is 0.632. The Hall–Kier alpha value is -1.81. The molecular formula is C4H3N4O2-. The molecule has 1 aliphatic heterocycles. The second-order valence-corrected chi connectivity index (χ2v) is 1.28. The molecule has 52 valence electrons. The summed E-state index contributed by atoms with van der Waals surface area (Å²) in [5.74, 6) is -0.657. The van der Waals surface area contributed by atoms with Crippen molar-refractivity contribution < 1.29 is 9.59 Å². The summed E-state index contributed by atoms with van der Waals surface area (Å²) in [5.41, 5.74) is 13.5. The average Bonchev–Trinajstić information content (AvgIpc) is 2.17. The number of hydrogen-bond acceptors (Lipinski definition) is 2. The molecule has 0 aromatic carbocycles. The van der Waals surface area contributed by atoms with Crippen molar-refractivity contribution in [1.29, 1.82) is 0 Å². The van der Waals surface area contributed by atoms with Crippen LogP contribution in [0.2, 0.25) is 0 Å². The lowest BCUT2D eigenvalue weighted by atomic mass is 10.6. The van der Waals surface area contributed by atoms with Crippen molar-refractivity contribution in [3.05, 3.63) is 28.1 Å². The van der Waals surface area contributed by atoms with E-state index in [0.29, 0.717) is 0 Å². The lowest BCUT2D eigenvalue weighted by Gasteiger charge is -1.80. The van der Waals surface area contributed by atoms with Crippen LogP contribution in [-0.4, -0.2) is 11.8 Å². The number of imide groups is 1. The third kappa shape index (κ3) is 3.23. The van der Waals surface area contributed by atoms with Gasteiger partial charge in [0.25, 0.3) is 11.8 Å². The maximum atomic E-state index is 10.0. The Morgan fingerprint density at radius 3 is 1.60 bits per heavy atom. The first-order valence-electron chi connectivity index (χ1n) is 2.22. The zero-order valence-electron chi connectivity index (χ0n) is 4.81. The molecule has 0 aromatic heterocycles. The van der Waals surface area contributed by atoms with Gasteiger partial charge in [0.2, 0.25) is 0 Å². The highest BCUT2D eigenvalue weighted by molar-refractivity contribution is 6.12. The number of rotatable bonds is 0. The Balaban J connectivity index is 0.000000236. The summed E-state index contributed by atoms with van der Waals surface area (Å²) in [4.78, 5) is 21.6. The van der Waals surface area contributed by atoms with Gasteiger partial charge in [-0.25, -0.2) is 0 Å². The number of hydrogen-bond donors (Lipinski definition) is 1. The summed E-state index contributed by atoms with van der Waals surface area (Å²) in [6.07, 6.45) is 2.39. The molecule has 0 bridgehead atoms. The predicted molar refractivity (Wildman–Crippen MR) is 32.4 cm³/mol. The van der Waals surface area contributed by atoms with Gasteiger partial charge < -0.3 is 11.1 Å². The van der Waals surface area contributed by atoms with E-state index in [1.54, 1.807) is 0 Å². The lowest BCUT2D eigenvalue weighted by Crippen LogP contribution is -2.19. The van der Waals surface area contributed by atoms with Gasteiger partial charge in [-0.15, -0.1) is 0 Å². The molecular weight excluding hydrogens is 136 g/mol. The number of nitrogens with one attached hydrogen (secondary N) is 1. The van der Waals surface area contributed by atoms with E-state index >= 15 is 0 Å². The summed E-state index contributed by atoms with van der Waals surface area (Å²) in [6.45, 7) is 0. The van der Waals surface area contributed by atoms with Crippen molar-refractivity contribution in [1.82, 2.24) is 5.32 Å². The molecule has 0 fully saturated rings. The standard InChI is InChI=1S/C4H3NO2.N3/c6-3-1-2-4(7)5-3;1-3-2/h1-2H,(H,5,6,7);/q;-1. The Kier molecular flexibility index (Phi) is 3.36. The summed E-state index contributed by atoms with van der Waals surface area (Å²) in [6, 6.07) is 0. The predicted octanol–water partition coefficient (Wildman–Crippen LogP) is 0.0651. The van der Waals surface area contributed by atoms with Crippen LogP contribution in [0.4, 0.5) is 0 Å². The Morgan fingerprint density at radius 2 is 1.50 bits per heavy atom. The van der Waals surface area contributed by atoms with E-state index in [1.165, 1.54) is 17.1 Å². The summed E-state index contributed by atoms with van der Waals surface area (Å²) < 4.78 is 0. The molecule has 2 amide bonds. The van der Waals surface area contributed by atoms with Gasteiger partial charge in [0.05, 0.1) is 0 Å². The SMILES string of the molecule is O=C1C=CC(=O)N1.[N-]=[N+]=[N-]. The van der Waals surface area contributed by atoms with E-state index in [0.717, 1.165) is 0 Å². The largest absolute Gasteiger partial charge is 0.373 e. The molecule has 1 N–H and O–H groups in total. The van der Waals surface area contributed by atoms with Crippen LogP contribution in [0.15, 0.2) is 12.2 Å². The highest BCUT2D eigenvalue weighted by atomic mass is 16.2. The highest BCUT2D eigenvalue weighted by Gasteiger charge is 2.06. The van der Waals surface area contributed by atoms with Crippen molar-refractivity contribution >= 4 is 11.8 Å². The molecule has 0 saturated carbocycles. The minimum atomic E-state index is -0.329. The number of amides is 2. The molecule has 6 nitrogen and oxygen atoms in total. The molecule has 0 atom stereocenters. The van der Waals surface area contributed by atoms with Crippen LogP contribution < -0.4 is 5.32 Å². The molecule has 0 aliphatic carbocycles. The Labute approximate surface area is 55.9 Å². The van der Waals surface area contributed by atoms with Gasteiger partial charge in [-0.05, 0) is 0 Å². The highest BCUT2D eigenvalue weighted by Crippen LogP contribution is 1.82. The van der Waals surface area contributed by atoms with E-state index in [1.807, 2.05) is 5.32 Å². The van der Waals surface area contributed by atoms with Crippen LogP contribution in [0.5, 0.6) is 0 Å². The van der Waals surface area contributed by atoms with Crippen LogP contribution in [0.1, 0.15) is 0 Å². The first-order valence-corrected chi connectivity index (χ1v) is 2.22. The van der Waals surface area contributed by atoms with Gasteiger partial charge in [-0.2, -0.15) is 0 Å². The van der Waals surface area contributed by atoms with Crippen LogP contribution in [0.25, 0.3) is 16.0 Å². The third-order valence-electron chi connectivity index (χ3n) is 0.632. The molecule has 1 heterocycles. The summed E-state index contributed by atoms with van der Waals surface area (Å²) in [7, 11) is 0. The van der Waals surface area contributed by atoms with Crippen molar-refractivity contribution in [2.24, 2.45) is 0 Å². The van der Waals surface area contributed by atoms with Crippen molar-refractivity contribution in [2.45, 2.75) is 0 Å². The van der Waals surface area contributed by atoms with Gasteiger partial charge >= 0.3 is 0 Å². The number of carbonyl (C=O) groups is 2. The minimum Gasteiger partial charge on any atom is -0.373 e. The average molecular weight is 139 g/mol. The molecule has 0 unspecified atom stereocenters. The van der Waals surface area contributed by atoms with E-state index in [9.17, 15) is 9.59 Å². The molecule has 6 heteroatoms. The zero-order valence-corrected chi connectivity index (χ0v) is 4.81. The maximum Gasteiger partial charge on any atom is 0.250 e. The molecule has 0 saturated heterocycles. The quantitative estimate of drug-likeness (QED) is 0.222. The maximum absolute atomic E-state index is 10.0. The summed E-state index contributed by atoms with van der Waals surface area (Å²) >= 11 is 0. The fourth-order valence-corrected chi connectivity index (χ4v) is 0.356. The Bertz CT molecular complexity index is 197. The first kappa shape index (κ1) is 8.19.